The Kier molecular flexibility index (Phi) is 3.45. The molecule has 0 spiro atoms. The molecule has 1 saturated carbocycles. The lowest BCUT2D eigenvalue weighted by Crippen LogP contribution is -2.21. The third-order valence-corrected chi connectivity index (χ3v) is 3.76. The van der Waals surface area contributed by atoms with Crippen molar-refractivity contribution in [2.24, 2.45) is 0 Å². The van der Waals surface area contributed by atoms with Crippen molar-refractivity contribution in [2.45, 2.75) is 25.2 Å². The Bertz CT molecular complexity index is 642. The topological polar surface area (TPSA) is 47.3 Å². The molecule has 102 valence electrons. The summed E-state index contributed by atoms with van der Waals surface area (Å²) in [6.45, 7) is 0. The van der Waals surface area contributed by atoms with Crippen LogP contribution in [0.15, 0.2) is 41.0 Å². The molecule has 0 amide bonds. The molecule has 0 radical (unpaired) electrons. The second kappa shape index (κ2) is 5.25. The van der Waals surface area contributed by atoms with E-state index < -0.39 is 0 Å². The molecule has 1 aromatic carbocycles. The normalized spacial score (nSPS) is 16.6. The van der Waals surface area contributed by atoms with Crippen molar-refractivity contribution in [2.75, 3.05) is 0 Å². The first-order chi connectivity index (χ1) is 9.61. The van der Waals surface area contributed by atoms with Gasteiger partial charge >= 0.3 is 0 Å². The van der Waals surface area contributed by atoms with E-state index in [0.717, 1.165) is 16.9 Å². The van der Waals surface area contributed by atoms with Gasteiger partial charge in [-0.1, -0.05) is 11.6 Å². The van der Waals surface area contributed by atoms with Gasteiger partial charge in [-0.25, -0.2) is 0 Å². The summed E-state index contributed by atoms with van der Waals surface area (Å²) < 4.78 is 5.37. The molecule has 1 fully saturated rings. The first-order valence-electron chi connectivity index (χ1n) is 6.49. The molecule has 20 heavy (non-hydrogen) atoms. The second-order valence-corrected chi connectivity index (χ2v) is 5.55. The van der Waals surface area contributed by atoms with Gasteiger partial charge in [-0.2, -0.15) is 0 Å². The Morgan fingerprint density at radius 1 is 1.10 bits per heavy atom. The summed E-state index contributed by atoms with van der Waals surface area (Å²) in [5.41, 5.74) is 1.79. The highest BCUT2D eigenvalue weighted by atomic mass is 35.5. The molecular weight excluding hydrogens is 276 g/mol. The van der Waals surface area contributed by atoms with Gasteiger partial charge in [0.15, 0.2) is 0 Å². The van der Waals surface area contributed by atoms with Crippen LogP contribution in [-0.4, -0.2) is 11.6 Å². The molecule has 0 saturated heterocycles. The first kappa shape index (κ1) is 13.1. The molecule has 0 bridgehead atoms. The van der Waals surface area contributed by atoms with E-state index in [4.69, 9.17) is 16.0 Å². The monoisotopic (exact) mass is 288 g/mol. The second-order valence-electron chi connectivity index (χ2n) is 5.11. The molecule has 3 nitrogen and oxygen atoms in total. The molecule has 0 unspecified atom stereocenters. The summed E-state index contributed by atoms with van der Waals surface area (Å²) in [5.74, 6) is 0.662. The molecular formula is C16H13ClO3. The van der Waals surface area contributed by atoms with Crippen LogP contribution in [-0.2, 0) is 9.59 Å². The fourth-order valence-electron chi connectivity index (χ4n) is 2.65. The van der Waals surface area contributed by atoms with Gasteiger partial charge in [0.05, 0.1) is 12.7 Å². The maximum atomic E-state index is 11.6. The van der Waals surface area contributed by atoms with E-state index in [1.54, 1.807) is 6.26 Å². The summed E-state index contributed by atoms with van der Waals surface area (Å²) in [4.78, 5) is 23.2. The van der Waals surface area contributed by atoms with Crippen molar-refractivity contribution < 1.29 is 14.0 Å². The lowest BCUT2D eigenvalue weighted by molar-refractivity contribution is -0.130. The molecule has 0 atom stereocenters. The van der Waals surface area contributed by atoms with Crippen molar-refractivity contribution in [3.63, 3.8) is 0 Å². The molecule has 0 aliphatic heterocycles. The maximum Gasteiger partial charge on any atom is 0.140 e. The highest BCUT2D eigenvalue weighted by Gasteiger charge is 2.27. The number of furan rings is 1. The number of carbonyl (C=O) groups excluding carboxylic acids is 2. The van der Waals surface area contributed by atoms with Gasteiger partial charge in [-0.05, 0) is 41.8 Å². The minimum absolute atomic E-state index is 0.00535. The van der Waals surface area contributed by atoms with Crippen molar-refractivity contribution in [1.29, 1.82) is 0 Å². The number of rotatable bonds is 2. The average Bonchev–Trinajstić information content (AvgIpc) is 2.90. The fourth-order valence-corrected chi connectivity index (χ4v) is 2.90. The SMILES string of the molecule is O=C1CC(=O)CC(c2cc(Cl)cc(-c3ccco3)c2)C1. The van der Waals surface area contributed by atoms with Crippen molar-refractivity contribution >= 4 is 23.2 Å². The van der Waals surface area contributed by atoms with Gasteiger partial charge < -0.3 is 4.42 Å². The average molecular weight is 289 g/mol. The number of Topliss-reactive ketones (excluding diaryl/α,β-unsaturated/α-hetero) is 2. The first-order valence-corrected chi connectivity index (χ1v) is 6.87. The van der Waals surface area contributed by atoms with Gasteiger partial charge in [0.1, 0.15) is 17.3 Å². The smallest absolute Gasteiger partial charge is 0.140 e. The number of halogens is 1. The third kappa shape index (κ3) is 2.68. The van der Waals surface area contributed by atoms with E-state index in [1.165, 1.54) is 0 Å². The van der Waals surface area contributed by atoms with Crippen LogP contribution in [0, 0.1) is 0 Å². The van der Waals surface area contributed by atoms with Crippen molar-refractivity contribution in [3.05, 3.63) is 47.2 Å². The lowest BCUT2D eigenvalue weighted by atomic mass is 9.82. The van der Waals surface area contributed by atoms with E-state index in [2.05, 4.69) is 0 Å². The van der Waals surface area contributed by atoms with Crippen LogP contribution in [0.4, 0.5) is 0 Å². The van der Waals surface area contributed by atoms with E-state index in [1.807, 2.05) is 30.3 Å². The van der Waals surface area contributed by atoms with Crippen LogP contribution < -0.4 is 0 Å². The Morgan fingerprint density at radius 2 is 1.85 bits per heavy atom. The molecule has 4 heteroatoms. The summed E-state index contributed by atoms with van der Waals surface area (Å²) in [6.07, 6.45) is 2.49. The zero-order chi connectivity index (χ0) is 14.1. The molecule has 1 aliphatic carbocycles. The minimum Gasteiger partial charge on any atom is -0.464 e. The van der Waals surface area contributed by atoms with E-state index in [0.29, 0.717) is 17.9 Å². The van der Waals surface area contributed by atoms with Crippen LogP contribution in [0.25, 0.3) is 11.3 Å². The number of hydrogen-bond acceptors (Lipinski definition) is 3. The van der Waals surface area contributed by atoms with E-state index in [-0.39, 0.29) is 23.9 Å². The van der Waals surface area contributed by atoms with Gasteiger partial charge in [-0.15, -0.1) is 0 Å². The maximum absolute atomic E-state index is 11.6. The zero-order valence-electron chi connectivity index (χ0n) is 10.8. The Morgan fingerprint density at radius 3 is 2.50 bits per heavy atom. The Hall–Kier alpha value is -1.87. The summed E-state index contributed by atoms with van der Waals surface area (Å²) in [5, 5.41) is 0.583. The third-order valence-electron chi connectivity index (χ3n) is 3.54. The predicted molar refractivity (Wildman–Crippen MR) is 75.8 cm³/mol. The minimum atomic E-state index is -0.0730. The fraction of sp³-hybridized carbons (Fsp3) is 0.250. The lowest BCUT2D eigenvalue weighted by Gasteiger charge is -2.21. The Labute approximate surface area is 121 Å². The zero-order valence-corrected chi connectivity index (χ0v) is 11.5. The molecule has 3 rings (SSSR count). The van der Waals surface area contributed by atoms with Crippen molar-refractivity contribution in [3.8, 4) is 11.3 Å². The highest BCUT2D eigenvalue weighted by Crippen LogP contribution is 2.34. The molecule has 1 aliphatic rings. The van der Waals surface area contributed by atoms with Crippen LogP contribution in [0.5, 0.6) is 0 Å². The molecule has 2 aromatic rings. The van der Waals surface area contributed by atoms with Gasteiger partial charge in [0.25, 0.3) is 0 Å². The number of hydrogen-bond donors (Lipinski definition) is 0. The number of ketones is 2. The number of carbonyl (C=O) groups is 2. The summed E-state index contributed by atoms with van der Waals surface area (Å²) >= 11 is 6.15. The van der Waals surface area contributed by atoms with Crippen molar-refractivity contribution in [1.82, 2.24) is 0 Å². The van der Waals surface area contributed by atoms with Crippen LogP contribution in [0.3, 0.4) is 0 Å². The quantitative estimate of drug-likeness (QED) is 0.785. The molecule has 1 heterocycles. The van der Waals surface area contributed by atoms with Crippen LogP contribution >= 0.6 is 11.6 Å². The van der Waals surface area contributed by atoms with Crippen LogP contribution in [0.2, 0.25) is 5.02 Å². The predicted octanol–water partition coefficient (Wildman–Crippen LogP) is 4.01. The standard InChI is InChI=1S/C16H13ClO3/c17-13-5-10(11-7-14(18)9-15(19)8-11)4-12(6-13)16-2-1-3-20-16/h1-6,11H,7-9H2. The molecule has 0 N–H and O–H groups in total. The van der Waals surface area contributed by atoms with E-state index in [9.17, 15) is 9.59 Å². The van der Waals surface area contributed by atoms with E-state index >= 15 is 0 Å². The summed E-state index contributed by atoms with van der Waals surface area (Å²) in [7, 11) is 0. The van der Waals surface area contributed by atoms with Gasteiger partial charge in [-0.3, -0.25) is 9.59 Å². The molecule has 1 aromatic heterocycles. The van der Waals surface area contributed by atoms with Gasteiger partial charge in [0, 0.05) is 23.4 Å². The number of benzene rings is 1. The summed E-state index contributed by atoms with van der Waals surface area (Å²) in [6, 6.07) is 9.25. The highest BCUT2D eigenvalue weighted by molar-refractivity contribution is 6.31. The van der Waals surface area contributed by atoms with Gasteiger partial charge in [0.2, 0.25) is 0 Å². The Balaban J connectivity index is 1.97. The largest absolute Gasteiger partial charge is 0.464 e. The van der Waals surface area contributed by atoms with Crippen LogP contribution in [0.1, 0.15) is 30.7 Å².